The highest BCUT2D eigenvalue weighted by Gasteiger charge is 2.40. The lowest BCUT2D eigenvalue weighted by molar-refractivity contribution is -0.133. The van der Waals surface area contributed by atoms with Crippen LogP contribution in [0.1, 0.15) is 131 Å². The number of piperidine rings is 2. The highest BCUT2D eigenvalue weighted by molar-refractivity contribution is 6.30. The number of anilines is 1. The van der Waals surface area contributed by atoms with E-state index in [1.165, 1.54) is 17.5 Å². The summed E-state index contributed by atoms with van der Waals surface area (Å²) in [4.78, 5) is 83.9. The summed E-state index contributed by atoms with van der Waals surface area (Å²) in [7, 11) is 1.64. The second-order valence-electron chi connectivity index (χ2n) is 23.0. The van der Waals surface area contributed by atoms with Crippen LogP contribution in [-0.4, -0.2) is 157 Å². The van der Waals surface area contributed by atoms with Crippen molar-refractivity contribution in [1.82, 2.24) is 50.9 Å². The molecule has 5 heterocycles. The molecule has 3 aromatic carbocycles. The highest BCUT2D eigenvalue weighted by atomic mass is 35.5. The number of hydrogen-bond donors (Lipinski definition) is 6. The number of unbranched alkanes of at least 4 members (excludes halogenated alkanes) is 2. The number of fused-ring (bicyclic) bond motifs is 1. The second-order valence-corrected chi connectivity index (χ2v) is 23.5. The van der Waals surface area contributed by atoms with Gasteiger partial charge in [-0.2, -0.15) is 0 Å². The third-order valence-corrected chi connectivity index (χ3v) is 17.5. The molecule has 0 bridgehead atoms. The Morgan fingerprint density at radius 2 is 1.65 bits per heavy atom. The molecule has 19 nitrogen and oxygen atoms in total. The number of nitrogens with one attached hydrogen (secondary N) is 5. The van der Waals surface area contributed by atoms with Crippen molar-refractivity contribution in [3.8, 4) is 11.5 Å². The summed E-state index contributed by atoms with van der Waals surface area (Å²) in [6.45, 7) is 12.6. The largest absolute Gasteiger partial charge is 0.497 e. The Bertz CT molecular complexity index is 2900. The van der Waals surface area contributed by atoms with Crippen molar-refractivity contribution < 1.29 is 33.4 Å². The molecular weight excluding hydrogens is 1080 g/mol. The van der Waals surface area contributed by atoms with E-state index in [4.69, 9.17) is 26.8 Å². The van der Waals surface area contributed by atoms with Crippen LogP contribution in [0.4, 0.5) is 5.82 Å². The fourth-order valence-corrected chi connectivity index (χ4v) is 12.4. The first-order chi connectivity index (χ1) is 40.8. The van der Waals surface area contributed by atoms with Crippen LogP contribution in [0.15, 0.2) is 85.3 Å². The van der Waals surface area contributed by atoms with Crippen molar-refractivity contribution in [3.05, 3.63) is 113 Å². The summed E-state index contributed by atoms with van der Waals surface area (Å²) in [5.74, 6) is 3.11. The molecular formula is C64H89ClN12O7. The molecule has 3 atom stereocenters. The molecule has 3 saturated heterocycles. The zero-order valence-electron chi connectivity index (χ0n) is 49.6. The van der Waals surface area contributed by atoms with Gasteiger partial charge in [-0.1, -0.05) is 85.3 Å². The van der Waals surface area contributed by atoms with Crippen molar-refractivity contribution in [2.24, 2.45) is 11.7 Å². The molecule has 7 N–H and O–H groups in total. The minimum Gasteiger partial charge on any atom is -0.497 e. The van der Waals surface area contributed by atoms with Crippen LogP contribution < -0.4 is 41.4 Å². The molecule has 2 aromatic heterocycles. The van der Waals surface area contributed by atoms with Gasteiger partial charge in [-0.25, -0.2) is 9.97 Å². The Balaban J connectivity index is 0.000000266. The Labute approximate surface area is 500 Å². The number of hydrogen-bond acceptors (Lipinski definition) is 13. The van der Waals surface area contributed by atoms with Crippen molar-refractivity contribution in [2.45, 2.75) is 134 Å². The van der Waals surface area contributed by atoms with Crippen molar-refractivity contribution in [3.63, 3.8) is 0 Å². The molecule has 5 amide bonds. The smallest absolute Gasteiger partial charge is 0.242 e. The molecule has 4 aliphatic rings. The van der Waals surface area contributed by atoms with Crippen LogP contribution in [0.2, 0.25) is 5.02 Å². The molecule has 0 radical (unpaired) electrons. The molecule has 0 spiro atoms. The van der Waals surface area contributed by atoms with Crippen LogP contribution in [0.25, 0.3) is 11.0 Å². The normalized spacial score (nSPS) is 18.2. The van der Waals surface area contributed by atoms with Gasteiger partial charge in [0.2, 0.25) is 30.0 Å². The number of benzene rings is 3. The number of halogens is 1. The molecule has 3 aliphatic heterocycles. The Hall–Kier alpha value is -6.80. The van der Waals surface area contributed by atoms with Gasteiger partial charge in [-0.15, -0.1) is 0 Å². The first-order valence-electron chi connectivity index (χ1n) is 30.5. The average Bonchev–Trinajstić information content (AvgIpc) is 3.44. The first-order valence-corrected chi connectivity index (χ1v) is 30.9. The zero-order valence-corrected chi connectivity index (χ0v) is 50.3. The van der Waals surface area contributed by atoms with Crippen LogP contribution in [0, 0.1) is 12.8 Å². The molecule has 9 rings (SSSR count). The van der Waals surface area contributed by atoms with Crippen molar-refractivity contribution >= 4 is 58.5 Å². The standard InChI is InChI=1S/C40H57ClN10O4.C24H32N2O3/c41-31-12-10-29(11-13-31)33(48-39(55)40(42)16-21-51(22-17-40)37-32-14-19-43-36(32)45-27-46-37)15-20-49-23-25-50(26-24-49)34(53)9-5-2-6-18-44-38(54)35(47-28-52)30-7-3-1-4-8-30;1-4-29-23-14-22(28-3)11-10-20(23)15-25-16-24(27)26-12-6-9-21(17-26)19-8-5-7-18(2)13-19/h10-14,19,27-28,30,33,35H,1-9,15-18,20-26,42H2,(H,44,54)(H,47,52)(H,48,55)(H,43,45,46);5,7-8,10-11,13-14,21,25H,4,6,9,12,15-17H2,1-3H3. The maximum Gasteiger partial charge on any atom is 0.242 e. The summed E-state index contributed by atoms with van der Waals surface area (Å²) in [6.07, 6.45) is 16.2. The fraction of sp³-hybridized carbons (Fsp3) is 0.547. The summed E-state index contributed by atoms with van der Waals surface area (Å²) < 4.78 is 11.0. The quantitative estimate of drug-likeness (QED) is 0.0245. The van der Waals surface area contributed by atoms with Crippen molar-refractivity contribution in [1.29, 1.82) is 0 Å². The SMILES string of the molecule is CCOc1cc(OC)ccc1CNCC(=O)N1CCCC(c2cccc(C)c2)C1.NC1(C(=O)NC(CCN2CCN(C(=O)CCCCCNC(=O)C(NC=O)C3CCCCC3)CC2)c2ccc(Cl)cc2)CCN(c2ncnc3[nH]ccc23)CC1. The van der Waals surface area contributed by atoms with E-state index in [1.54, 1.807) is 13.4 Å². The number of amides is 5. The molecule has 3 unspecified atom stereocenters. The third-order valence-electron chi connectivity index (χ3n) is 17.2. The predicted octanol–water partition coefficient (Wildman–Crippen LogP) is 7.57. The summed E-state index contributed by atoms with van der Waals surface area (Å²) in [5.41, 5.74) is 11.2. The van der Waals surface area contributed by atoms with E-state index >= 15 is 0 Å². The number of aromatic nitrogens is 3. The number of aryl methyl sites for hydroxylation is 1. The van der Waals surface area contributed by atoms with E-state index in [-0.39, 0.29) is 35.6 Å². The van der Waals surface area contributed by atoms with E-state index in [0.717, 1.165) is 130 Å². The van der Waals surface area contributed by atoms with Gasteiger partial charge in [0.1, 0.15) is 35.3 Å². The monoisotopic (exact) mass is 1170 g/mol. The number of aromatic amines is 1. The zero-order chi connectivity index (χ0) is 59.3. The van der Waals surface area contributed by atoms with E-state index in [0.29, 0.717) is 95.5 Å². The Kier molecular flexibility index (Phi) is 24.0. The number of ether oxygens (including phenoxy) is 2. The van der Waals surface area contributed by atoms with Gasteiger partial charge in [0.25, 0.3) is 0 Å². The number of carbonyl (C=O) groups is 5. The highest BCUT2D eigenvalue weighted by Crippen LogP contribution is 2.32. The van der Waals surface area contributed by atoms with E-state index < -0.39 is 11.6 Å². The number of methoxy groups -OCH3 is 1. The molecule has 4 fully saturated rings. The number of rotatable bonds is 25. The van der Waals surface area contributed by atoms with E-state index in [9.17, 15) is 24.0 Å². The van der Waals surface area contributed by atoms with E-state index in [2.05, 4.69) is 77.2 Å². The average molecular weight is 1170 g/mol. The lowest BCUT2D eigenvalue weighted by Gasteiger charge is -2.39. The topological polar surface area (TPSA) is 232 Å². The molecule has 1 aliphatic carbocycles. The van der Waals surface area contributed by atoms with Crippen LogP contribution in [-0.2, 0) is 30.5 Å². The van der Waals surface area contributed by atoms with Gasteiger partial charge in [-0.05, 0) is 113 Å². The van der Waals surface area contributed by atoms with Gasteiger partial charge < -0.3 is 56.2 Å². The molecule has 454 valence electrons. The molecule has 84 heavy (non-hydrogen) atoms. The first kappa shape index (κ1) is 63.2. The number of nitrogens with two attached hydrogens (primary N) is 1. The van der Waals surface area contributed by atoms with Gasteiger partial charge in [0.05, 0.1) is 37.2 Å². The lowest BCUT2D eigenvalue weighted by atomic mass is 9.83. The number of H-pyrrole nitrogens is 1. The van der Waals surface area contributed by atoms with Gasteiger partial charge in [0.15, 0.2) is 0 Å². The van der Waals surface area contributed by atoms with Crippen LogP contribution in [0.5, 0.6) is 11.5 Å². The minimum absolute atomic E-state index is 0.104. The lowest BCUT2D eigenvalue weighted by Crippen LogP contribution is -2.60. The Morgan fingerprint density at radius 3 is 2.39 bits per heavy atom. The van der Waals surface area contributed by atoms with E-state index in [1.807, 2.05) is 71.5 Å². The number of likely N-dealkylation sites (tertiary alicyclic amines) is 1. The van der Waals surface area contributed by atoms with Crippen molar-refractivity contribution in [2.75, 3.05) is 90.6 Å². The molecule has 1 saturated carbocycles. The van der Waals surface area contributed by atoms with Gasteiger partial charge in [-0.3, -0.25) is 28.9 Å². The maximum atomic E-state index is 13.8. The van der Waals surface area contributed by atoms with Crippen LogP contribution in [0.3, 0.4) is 0 Å². The summed E-state index contributed by atoms with van der Waals surface area (Å²) >= 11 is 6.22. The molecule has 5 aromatic rings. The maximum absolute atomic E-state index is 13.8. The number of carbonyl (C=O) groups excluding carboxylic acids is 5. The Morgan fingerprint density at radius 1 is 0.869 bits per heavy atom. The number of piperazine rings is 1. The van der Waals surface area contributed by atoms with Gasteiger partial charge >= 0.3 is 0 Å². The summed E-state index contributed by atoms with van der Waals surface area (Å²) in [6, 6.07) is 23.3. The number of nitrogens with zero attached hydrogens (tertiary/aromatic N) is 6. The summed E-state index contributed by atoms with van der Waals surface area (Å²) in [5, 5.41) is 13.9. The minimum atomic E-state index is -1.00. The molecule has 20 heteroatoms. The third kappa shape index (κ3) is 17.9. The second kappa shape index (κ2) is 31.9. The fourth-order valence-electron chi connectivity index (χ4n) is 12.2. The van der Waals surface area contributed by atoms with Gasteiger partial charge in [0, 0.05) is 107 Å². The van der Waals surface area contributed by atoms with Crippen LogP contribution >= 0.6 is 11.6 Å². The predicted molar refractivity (Wildman–Crippen MR) is 329 cm³/mol.